The van der Waals surface area contributed by atoms with E-state index in [0.717, 1.165) is 38.8 Å². The molecule has 3 atom stereocenters. The average Bonchev–Trinajstić information content (AvgIpc) is 2.74. The highest BCUT2D eigenvalue weighted by Crippen LogP contribution is 2.28. The van der Waals surface area contributed by atoms with E-state index in [0.29, 0.717) is 25.1 Å². The van der Waals surface area contributed by atoms with Crippen molar-refractivity contribution in [2.24, 2.45) is 5.73 Å². The van der Waals surface area contributed by atoms with Crippen LogP contribution in [0.15, 0.2) is 0 Å². The molecule has 0 spiro atoms. The summed E-state index contributed by atoms with van der Waals surface area (Å²) in [6, 6.07) is 0.445. The maximum Gasteiger partial charge on any atom is 0.325 e. The Morgan fingerprint density at radius 1 is 1.61 bits per heavy atom. The van der Waals surface area contributed by atoms with Gasteiger partial charge in [0.1, 0.15) is 5.54 Å². The molecule has 2 rings (SSSR count). The van der Waals surface area contributed by atoms with E-state index in [1.54, 1.807) is 0 Å². The molecule has 0 aromatic carbocycles. The Bertz CT molecular complexity index is 309. The molecule has 5 heteroatoms. The number of carboxylic acid groups (broad SMARTS) is 1. The van der Waals surface area contributed by atoms with Crippen LogP contribution in [0.3, 0.4) is 0 Å². The first-order valence-electron chi connectivity index (χ1n) is 6.93. The van der Waals surface area contributed by atoms with Gasteiger partial charge in [0.25, 0.3) is 0 Å². The molecule has 18 heavy (non-hydrogen) atoms. The molecule has 0 aromatic rings. The Morgan fingerprint density at radius 2 is 2.39 bits per heavy atom. The van der Waals surface area contributed by atoms with Gasteiger partial charge in [0, 0.05) is 25.7 Å². The third-order valence-corrected chi connectivity index (χ3v) is 4.22. The van der Waals surface area contributed by atoms with Crippen LogP contribution >= 0.6 is 0 Å². The van der Waals surface area contributed by atoms with Gasteiger partial charge in [-0.25, -0.2) is 0 Å². The van der Waals surface area contributed by atoms with Crippen molar-refractivity contribution in [2.45, 2.75) is 56.7 Å². The van der Waals surface area contributed by atoms with Crippen LogP contribution in [-0.4, -0.2) is 53.4 Å². The van der Waals surface area contributed by atoms with Crippen molar-refractivity contribution >= 4 is 5.97 Å². The molecule has 0 amide bonds. The van der Waals surface area contributed by atoms with E-state index < -0.39 is 11.5 Å². The number of hydrogen-bond acceptors (Lipinski definition) is 4. The number of nitrogens with zero attached hydrogens (tertiary/aromatic N) is 1. The van der Waals surface area contributed by atoms with Gasteiger partial charge in [-0.05, 0) is 25.7 Å². The average molecular weight is 256 g/mol. The molecular formula is C13H24N2O3. The van der Waals surface area contributed by atoms with Crippen LogP contribution < -0.4 is 5.73 Å². The minimum Gasteiger partial charge on any atom is -0.480 e. The Morgan fingerprint density at radius 3 is 3.00 bits per heavy atom. The molecule has 0 saturated carbocycles. The lowest BCUT2D eigenvalue weighted by Crippen LogP contribution is -2.52. The predicted octanol–water partition coefficient (Wildman–Crippen LogP) is 0.822. The van der Waals surface area contributed by atoms with Crippen LogP contribution in [0.25, 0.3) is 0 Å². The predicted molar refractivity (Wildman–Crippen MR) is 68.4 cm³/mol. The summed E-state index contributed by atoms with van der Waals surface area (Å²) in [7, 11) is 0. The number of ether oxygens (including phenoxy) is 1. The molecule has 2 heterocycles. The van der Waals surface area contributed by atoms with Crippen molar-refractivity contribution in [2.75, 3.05) is 19.7 Å². The lowest BCUT2D eigenvalue weighted by molar-refractivity contribution is -0.142. The summed E-state index contributed by atoms with van der Waals surface area (Å²) in [5.74, 6) is -0.873. The maximum atomic E-state index is 11.1. The maximum absolute atomic E-state index is 11.1. The van der Waals surface area contributed by atoms with E-state index in [4.69, 9.17) is 15.6 Å². The Labute approximate surface area is 108 Å². The molecule has 2 saturated heterocycles. The number of nitrogens with two attached hydrogens (primary N) is 1. The second-order valence-electron chi connectivity index (χ2n) is 5.64. The number of likely N-dealkylation sites (tertiary alicyclic amines) is 1. The summed E-state index contributed by atoms with van der Waals surface area (Å²) < 4.78 is 5.73. The minimum absolute atomic E-state index is 0.339. The van der Waals surface area contributed by atoms with Gasteiger partial charge in [0.2, 0.25) is 0 Å². The summed E-state index contributed by atoms with van der Waals surface area (Å²) in [5.41, 5.74) is 4.88. The molecule has 3 N–H and O–H groups in total. The Balaban J connectivity index is 1.91. The summed E-state index contributed by atoms with van der Waals surface area (Å²) >= 11 is 0. The third-order valence-electron chi connectivity index (χ3n) is 4.22. The molecule has 2 fully saturated rings. The van der Waals surface area contributed by atoms with Crippen molar-refractivity contribution < 1.29 is 14.6 Å². The minimum atomic E-state index is -1.04. The van der Waals surface area contributed by atoms with Crippen molar-refractivity contribution in [3.8, 4) is 0 Å². The van der Waals surface area contributed by atoms with Crippen LogP contribution in [0.2, 0.25) is 0 Å². The molecule has 2 aliphatic heterocycles. The van der Waals surface area contributed by atoms with Gasteiger partial charge >= 0.3 is 5.97 Å². The van der Waals surface area contributed by atoms with Gasteiger partial charge in [-0.15, -0.1) is 0 Å². The fourth-order valence-electron chi connectivity index (χ4n) is 3.06. The number of aliphatic carboxylic acids is 1. The van der Waals surface area contributed by atoms with Gasteiger partial charge in [-0.1, -0.05) is 13.3 Å². The summed E-state index contributed by atoms with van der Waals surface area (Å²) in [5, 5.41) is 9.15. The Kier molecular flexibility index (Phi) is 4.25. The second kappa shape index (κ2) is 5.55. The van der Waals surface area contributed by atoms with Crippen molar-refractivity contribution in [3.63, 3.8) is 0 Å². The molecule has 0 aromatic heterocycles. The first-order chi connectivity index (χ1) is 8.55. The van der Waals surface area contributed by atoms with Crippen molar-refractivity contribution in [1.29, 1.82) is 0 Å². The molecule has 5 nitrogen and oxygen atoms in total. The Hall–Kier alpha value is -0.650. The molecule has 0 radical (unpaired) electrons. The number of carbonyl (C=O) groups is 1. The van der Waals surface area contributed by atoms with E-state index in [-0.39, 0.29) is 0 Å². The van der Waals surface area contributed by atoms with Crippen LogP contribution in [0.5, 0.6) is 0 Å². The topological polar surface area (TPSA) is 75.8 Å². The quantitative estimate of drug-likeness (QED) is 0.779. The summed E-state index contributed by atoms with van der Waals surface area (Å²) in [6.07, 6.45) is 5.13. The molecule has 2 aliphatic rings. The van der Waals surface area contributed by atoms with Gasteiger partial charge < -0.3 is 15.6 Å². The summed E-state index contributed by atoms with van der Waals surface area (Å²) in [4.78, 5) is 13.4. The highest BCUT2D eigenvalue weighted by Gasteiger charge is 2.43. The van der Waals surface area contributed by atoms with E-state index in [1.807, 2.05) is 0 Å². The lowest BCUT2D eigenvalue weighted by Gasteiger charge is -2.35. The van der Waals surface area contributed by atoms with Gasteiger partial charge in [0.15, 0.2) is 0 Å². The zero-order chi connectivity index (χ0) is 13.2. The zero-order valence-electron chi connectivity index (χ0n) is 11.1. The normalized spacial score (nSPS) is 37.9. The highest BCUT2D eigenvalue weighted by molar-refractivity contribution is 5.79. The van der Waals surface area contributed by atoms with E-state index >= 15 is 0 Å². The number of carboxylic acids is 1. The van der Waals surface area contributed by atoms with Crippen LogP contribution in [0.4, 0.5) is 0 Å². The molecule has 104 valence electrons. The molecule has 0 aliphatic carbocycles. The summed E-state index contributed by atoms with van der Waals surface area (Å²) in [6.45, 7) is 4.23. The van der Waals surface area contributed by atoms with Crippen LogP contribution in [0.1, 0.15) is 39.0 Å². The van der Waals surface area contributed by atoms with Gasteiger partial charge in [-0.2, -0.15) is 0 Å². The molecule has 0 bridgehead atoms. The zero-order valence-corrected chi connectivity index (χ0v) is 11.1. The van der Waals surface area contributed by atoms with Crippen LogP contribution in [0, 0.1) is 0 Å². The monoisotopic (exact) mass is 256 g/mol. The van der Waals surface area contributed by atoms with Crippen molar-refractivity contribution in [1.82, 2.24) is 4.90 Å². The fraction of sp³-hybridized carbons (Fsp3) is 0.923. The number of rotatable bonds is 4. The molecular weight excluding hydrogens is 232 g/mol. The molecule has 3 unspecified atom stereocenters. The van der Waals surface area contributed by atoms with Crippen molar-refractivity contribution in [3.05, 3.63) is 0 Å². The van der Waals surface area contributed by atoms with E-state index in [9.17, 15) is 4.79 Å². The third kappa shape index (κ3) is 2.84. The van der Waals surface area contributed by atoms with E-state index in [2.05, 4.69) is 11.8 Å². The standard InChI is InChI=1S/C13H24N2O3/c1-2-3-11-8-10(4-7-18-11)15-6-5-13(14,9-15)12(16)17/h10-11H,2-9,14H2,1H3,(H,16,17). The lowest BCUT2D eigenvalue weighted by atomic mass is 9.98. The van der Waals surface area contributed by atoms with E-state index in [1.165, 1.54) is 0 Å². The first-order valence-corrected chi connectivity index (χ1v) is 6.93. The highest BCUT2D eigenvalue weighted by atomic mass is 16.5. The number of hydrogen-bond donors (Lipinski definition) is 2. The fourth-order valence-corrected chi connectivity index (χ4v) is 3.06. The smallest absolute Gasteiger partial charge is 0.325 e. The largest absolute Gasteiger partial charge is 0.480 e. The van der Waals surface area contributed by atoms with Crippen LogP contribution in [-0.2, 0) is 9.53 Å². The van der Waals surface area contributed by atoms with Gasteiger partial charge in [-0.3, -0.25) is 9.69 Å². The first kappa shape index (κ1) is 13.8. The SMILES string of the molecule is CCCC1CC(N2CCC(N)(C(=O)O)C2)CCO1. The van der Waals surface area contributed by atoms with Gasteiger partial charge in [0.05, 0.1) is 6.10 Å². The second-order valence-corrected chi connectivity index (χ2v) is 5.64.